The highest BCUT2D eigenvalue weighted by atomic mass is 16.1. The van der Waals surface area contributed by atoms with Crippen molar-refractivity contribution >= 4 is 5.78 Å². The summed E-state index contributed by atoms with van der Waals surface area (Å²) in [6.07, 6.45) is 6.35. The van der Waals surface area contributed by atoms with E-state index in [1.165, 1.54) is 25.7 Å². The third kappa shape index (κ3) is 0.932. The molecule has 0 spiro atoms. The molecule has 2 bridgehead atoms. The average molecular weight is 189 g/mol. The van der Waals surface area contributed by atoms with E-state index in [4.69, 9.17) is 0 Å². The van der Waals surface area contributed by atoms with Gasteiger partial charge in [0.15, 0.2) is 0 Å². The molecule has 0 aliphatic heterocycles. The van der Waals surface area contributed by atoms with Crippen LogP contribution in [0.1, 0.15) is 38.5 Å². The highest BCUT2D eigenvalue weighted by molar-refractivity contribution is 5.87. The van der Waals surface area contributed by atoms with Gasteiger partial charge >= 0.3 is 0 Å². The van der Waals surface area contributed by atoms with Gasteiger partial charge in [-0.05, 0) is 37.0 Å². The minimum Gasteiger partial charge on any atom is -0.300 e. The number of fused-ring (bicyclic) bond motifs is 2. The van der Waals surface area contributed by atoms with Crippen molar-refractivity contribution in [2.45, 2.75) is 38.5 Å². The Hall–Kier alpha value is -0.840. The Morgan fingerprint density at radius 3 is 2.50 bits per heavy atom. The Kier molecular flexibility index (Phi) is 1.57. The highest BCUT2D eigenvalue weighted by Gasteiger charge is 2.56. The summed E-state index contributed by atoms with van der Waals surface area (Å²) >= 11 is 0. The zero-order chi connectivity index (χ0) is 9.76. The Bertz CT molecular complexity index is 320. The molecule has 0 aromatic carbocycles. The van der Waals surface area contributed by atoms with Gasteiger partial charge in [-0.1, -0.05) is 6.42 Å². The van der Waals surface area contributed by atoms with E-state index in [-0.39, 0.29) is 5.41 Å². The summed E-state index contributed by atoms with van der Waals surface area (Å²) in [7, 11) is 0. The second-order valence-corrected chi connectivity index (χ2v) is 5.44. The maximum Gasteiger partial charge on any atom is 0.136 e. The third-order valence-corrected chi connectivity index (χ3v) is 4.70. The van der Waals surface area contributed by atoms with E-state index < -0.39 is 0 Å². The van der Waals surface area contributed by atoms with E-state index >= 15 is 0 Å². The van der Waals surface area contributed by atoms with Crippen molar-refractivity contribution in [1.29, 1.82) is 5.26 Å². The number of rotatable bonds is 1. The van der Waals surface area contributed by atoms with Crippen LogP contribution < -0.4 is 0 Å². The lowest BCUT2D eigenvalue weighted by Crippen LogP contribution is -2.44. The van der Waals surface area contributed by atoms with Crippen molar-refractivity contribution in [2.75, 3.05) is 0 Å². The number of nitriles is 1. The fraction of sp³-hybridized carbons (Fsp3) is 0.833. The molecule has 2 nitrogen and oxygen atoms in total. The second-order valence-electron chi connectivity index (χ2n) is 5.44. The molecule has 0 aromatic rings. The van der Waals surface area contributed by atoms with Gasteiger partial charge < -0.3 is 0 Å². The van der Waals surface area contributed by atoms with Gasteiger partial charge in [0, 0.05) is 12.8 Å². The molecular weight excluding hydrogens is 174 g/mol. The van der Waals surface area contributed by atoms with E-state index in [9.17, 15) is 10.1 Å². The highest BCUT2D eigenvalue weighted by Crippen LogP contribution is 2.59. The summed E-state index contributed by atoms with van der Waals surface area (Å²) < 4.78 is 0. The number of Topliss-reactive ketones (excluding diaryl/α,β-unsaturated/α-hetero) is 1. The van der Waals surface area contributed by atoms with E-state index in [1.807, 2.05) is 0 Å². The Morgan fingerprint density at radius 1 is 1.29 bits per heavy atom. The quantitative estimate of drug-likeness (QED) is 0.635. The lowest BCUT2D eigenvalue weighted by molar-refractivity contribution is -0.133. The zero-order valence-electron chi connectivity index (χ0n) is 8.33. The van der Waals surface area contributed by atoms with E-state index in [0.29, 0.717) is 24.5 Å². The number of carbonyl (C=O) groups is 1. The number of hydrogen-bond donors (Lipinski definition) is 0. The summed E-state index contributed by atoms with van der Waals surface area (Å²) in [4.78, 5) is 11.1. The molecule has 0 radical (unpaired) electrons. The molecule has 3 aliphatic rings. The molecular formula is C12H15NO. The fourth-order valence-electron chi connectivity index (χ4n) is 4.00. The van der Waals surface area contributed by atoms with Crippen LogP contribution in [0.2, 0.25) is 0 Å². The van der Waals surface area contributed by atoms with Gasteiger partial charge in [0.2, 0.25) is 0 Å². The number of nitrogens with zero attached hydrogens (tertiary/aromatic N) is 1. The van der Waals surface area contributed by atoms with Crippen molar-refractivity contribution in [3.63, 3.8) is 0 Å². The molecule has 3 rings (SSSR count). The van der Waals surface area contributed by atoms with Crippen LogP contribution in [-0.4, -0.2) is 5.78 Å². The smallest absolute Gasteiger partial charge is 0.136 e. The van der Waals surface area contributed by atoms with Gasteiger partial charge in [-0.25, -0.2) is 0 Å². The van der Waals surface area contributed by atoms with Crippen LogP contribution in [0.25, 0.3) is 0 Å². The van der Waals surface area contributed by atoms with Crippen molar-refractivity contribution < 1.29 is 4.79 Å². The second kappa shape index (κ2) is 2.59. The largest absolute Gasteiger partial charge is 0.300 e. The molecule has 0 N–H and O–H groups in total. The van der Waals surface area contributed by atoms with Crippen LogP contribution in [0.5, 0.6) is 0 Å². The third-order valence-electron chi connectivity index (χ3n) is 4.70. The monoisotopic (exact) mass is 189 g/mol. The Labute approximate surface area is 84.3 Å². The van der Waals surface area contributed by atoms with Crippen molar-refractivity contribution in [2.24, 2.45) is 23.2 Å². The average Bonchev–Trinajstić information content (AvgIpc) is 2.73. The minimum atomic E-state index is -0.225. The SMILES string of the molecule is N#CC1(C2CC3CCC2C3)CC(=O)C1. The van der Waals surface area contributed by atoms with E-state index in [2.05, 4.69) is 6.07 Å². The van der Waals surface area contributed by atoms with E-state index in [0.717, 1.165) is 11.8 Å². The molecule has 0 aromatic heterocycles. The molecule has 0 amide bonds. The molecule has 3 saturated carbocycles. The fourth-order valence-corrected chi connectivity index (χ4v) is 4.00. The van der Waals surface area contributed by atoms with Gasteiger partial charge in [0.25, 0.3) is 0 Å². The van der Waals surface area contributed by atoms with Crippen LogP contribution in [-0.2, 0) is 4.79 Å². The normalized spacial score (nSPS) is 43.4. The topological polar surface area (TPSA) is 40.9 Å². The first-order valence-corrected chi connectivity index (χ1v) is 5.66. The van der Waals surface area contributed by atoms with Gasteiger partial charge in [-0.2, -0.15) is 5.26 Å². The number of hydrogen-bond acceptors (Lipinski definition) is 2. The molecule has 3 unspecified atom stereocenters. The van der Waals surface area contributed by atoms with E-state index in [1.54, 1.807) is 0 Å². The maximum atomic E-state index is 11.1. The van der Waals surface area contributed by atoms with Crippen LogP contribution in [0.15, 0.2) is 0 Å². The summed E-state index contributed by atoms with van der Waals surface area (Å²) in [5, 5.41) is 9.24. The van der Waals surface area contributed by atoms with Crippen molar-refractivity contribution in [3.8, 4) is 6.07 Å². The van der Waals surface area contributed by atoms with Gasteiger partial charge in [0.05, 0.1) is 11.5 Å². The predicted molar refractivity (Wildman–Crippen MR) is 51.2 cm³/mol. The van der Waals surface area contributed by atoms with Crippen LogP contribution in [0.4, 0.5) is 0 Å². The van der Waals surface area contributed by atoms with Gasteiger partial charge in [0.1, 0.15) is 5.78 Å². The first-order chi connectivity index (χ1) is 6.73. The maximum absolute atomic E-state index is 11.1. The van der Waals surface area contributed by atoms with Crippen LogP contribution in [0.3, 0.4) is 0 Å². The Morgan fingerprint density at radius 2 is 2.07 bits per heavy atom. The molecule has 2 heteroatoms. The predicted octanol–water partition coefficient (Wildman–Crippen LogP) is 2.30. The zero-order valence-corrected chi connectivity index (χ0v) is 8.33. The summed E-state index contributed by atoms with van der Waals surface area (Å²) in [5.74, 6) is 2.51. The molecule has 74 valence electrons. The van der Waals surface area contributed by atoms with Crippen molar-refractivity contribution in [3.05, 3.63) is 0 Å². The van der Waals surface area contributed by atoms with Crippen LogP contribution >= 0.6 is 0 Å². The lowest BCUT2D eigenvalue weighted by Gasteiger charge is -2.42. The molecule has 0 heterocycles. The van der Waals surface area contributed by atoms with Gasteiger partial charge in [-0.3, -0.25) is 4.79 Å². The lowest BCUT2D eigenvalue weighted by atomic mass is 9.57. The first kappa shape index (κ1) is 8.47. The molecule has 3 atom stereocenters. The first-order valence-electron chi connectivity index (χ1n) is 5.66. The molecule has 14 heavy (non-hydrogen) atoms. The summed E-state index contributed by atoms with van der Waals surface area (Å²) in [6, 6.07) is 2.45. The van der Waals surface area contributed by atoms with Crippen LogP contribution in [0, 0.1) is 34.5 Å². The summed E-state index contributed by atoms with van der Waals surface area (Å²) in [5.41, 5.74) is -0.225. The summed E-state index contributed by atoms with van der Waals surface area (Å²) in [6.45, 7) is 0. The minimum absolute atomic E-state index is 0.225. The number of ketones is 1. The molecule has 0 saturated heterocycles. The number of carbonyl (C=O) groups excluding carboxylic acids is 1. The van der Waals surface area contributed by atoms with Crippen molar-refractivity contribution in [1.82, 2.24) is 0 Å². The molecule has 3 fully saturated rings. The Balaban J connectivity index is 1.82. The molecule has 3 aliphatic carbocycles. The van der Waals surface area contributed by atoms with Gasteiger partial charge in [-0.15, -0.1) is 0 Å². The standard InChI is InChI=1S/C12H15NO/c13-7-12(5-10(14)6-12)11-4-8-1-2-9(11)3-8/h8-9,11H,1-6H2.